The van der Waals surface area contributed by atoms with Crippen molar-refractivity contribution in [2.45, 2.75) is 39.7 Å². The van der Waals surface area contributed by atoms with Crippen LogP contribution >= 0.6 is 0 Å². The highest BCUT2D eigenvalue weighted by Crippen LogP contribution is 2.24. The van der Waals surface area contributed by atoms with Gasteiger partial charge in [0, 0.05) is 63.4 Å². The van der Waals surface area contributed by atoms with Crippen molar-refractivity contribution in [1.29, 1.82) is 0 Å². The number of rotatable bonds is 6. The van der Waals surface area contributed by atoms with E-state index in [2.05, 4.69) is 39.3 Å². The first kappa shape index (κ1) is 20.9. The maximum Gasteiger partial charge on any atom is 0.255 e. The van der Waals surface area contributed by atoms with E-state index in [0.29, 0.717) is 0 Å². The van der Waals surface area contributed by atoms with Gasteiger partial charge in [-0.1, -0.05) is 0 Å². The lowest BCUT2D eigenvalue weighted by atomic mass is 10.1. The summed E-state index contributed by atoms with van der Waals surface area (Å²) < 4.78 is 15.4. The zero-order chi connectivity index (χ0) is 21.1. The summed E-state index contributed by atoms with van der Waals surface area (Å²) >= 11 is 0. The van der Waals surface area contributed by atoms with E-state index in [1.807, 2.05) is 12.1 Å². The van der Waals surface area contributed by atoms with E-state index < -0.39 is 0 Å². The summed E-state index contributed by atoms with van der Waals surface area (Å²) in [6.45, 7) is 11.8. The lowest BCUT2D eigenvalue weighted by molar-refractivity contribution is 0.0752. The number of piperazine rings is 1. The summed E-state index contributed by atoms with van der Waals surface area (Å²) in [5, 5.41) is 0. The predicted molar refractivity (Wildman–Crippen MR) is 119 cm³/mol. The van der Waals surface area contributed by atoms with Crippen molar-refractivity contribution >= 4 is 11.6 Å². The Balaban J connectivity index is 1.27. The smallest absolute Gasteiger partial charge is 0.255 e. The normalized spacial score (nSPS) is 17.9. The number of carbonyl (C=O) groups is 1. The van der Waals surface area contributed by atoms with Crippen molar-refractivity contribution in [3.05, 3.63) is 53.1 Å². The molecule has 0 spiro atoms. The summed E-state index contributed by atoms with van der Waals surface area (Å²) in [6.07, 6.45) is 5.17. The quantitative estimate of drug-likeness (QED) is 0.727. The number of fused-ring (bicyclic) bond motifs is 1. The van der Waals surface area contributed by atoms with Gasteiger partial charge < -0.3 is 14.4 Å². The number of carbonyl (C=O) groups excluding carboxylic acids is 1. The highest BCUT2D eigenvalue weighted by Gasteiger charge is 2.27. The molecular weight excluding hydrogens is 379 g/mol. The molecular formula is C24H33FN4O. The third-order valence-electron chi connectivity index (χ3n) is 6.53. The zero-order valence-corrected chi connectivity index (χ0v) is 18.2. The Morgan fingerprint density at radius 2 is 1.73 bits per heavy atom. The number of aryl methyl sites for hydroxylation is 2. The van der Waals surface area contributed by atoms with Gasteiger partial charge >= 0.3 is 0 Å². The Morgan fingerprint density at radius 3 is 2.43 bits per heavy atom. The second-order valence-electron chi connectivity index (χ2n) is 8.47. The van der Waals surface area contributed by atoms with Crippen molar-refractivity contribution < 1.29 is 9.18 Å². The zero-order valence-electron chi connectivity index (χ0n) is 18.2. The minimum atomic E-state index is -0.186. The van der Waals surface area contributed by atoms with Gasteiger partial charge in [-0.2, -0.15) is 0 Å². The average Bonchev–Trinajstić information content (AvgIpc) is 2.98. The van der Waals surface area contributed by atoms with Gasteiger partial charge in [0.25, 0.3) is 5.91 Å². The van der Waals surface area contributed by atoms with E-state index in [9.17, 15) is 9.18 Å². The SMILES string of the molecule is CCn1cc(C)c2c1CCCN(CCCN1CCN(c3ccc(F)cc3)CC1)C2=O. The van der Waals surface area contributed by atoms with Crippen molar-refractivity contribution in [3.63, 3.8) is 0 Å². The van der Waals surface area contributed by atoms with Crippen LogP contribution in [0.15, 0.2) is 30.5 Å². The summed E-state index contributed by atoms with van der Waals surface area (Å²) in [7, 11) is 0. The fourth-order valence-electron chi connectivity index (χ4n) is 4.87. The van der Waals surface area contributed by atoms with E-state index in [1.54, 1.807) is 0 Å². The second kappa shape index (κ2) is 9.21. The van der Waals surface area contributed by atoms with Crippen LogP contribution in [0.5, 0.6) is 0 Å². The molecule has 0 atom stereocenters. The Labute approximate surface area is 179 Å². The van der Waals surface area contributed by atoms with E-state index in [-0.39, 0.29) is 11.7 Å². The first-order chi connectivity index (χ1) is 14.6. The van der Waals surface area contributed by atoms with Crippen molar-refractivity contribution in [3.8, 4) is 0 Å². The van der Waals surface area contributed by atoms with E-state index in [4.69, 9.17) is 0 Å². The molecule has 4 rings (SSSR count). The van der Waals surface area contributed by atoms with E-state index in [1.165, 1.54) is 17.8 Å². The van der Waals surface area contributed by atoms with Crippen molar-refractivity contribution in [2.24, 2.45) is 0 Å². The van der Waals surface area contributed by atoms with Gasteiger partial charge in [-0.05, 0) is 69.5 Å². The fraction of sp³-hybridized carbons (Fsp3) is 0.542. The molecule has 0 aliphatic carbocycles. The third kappa shape index (κ3) is 4.38. The number of hydrogen-bond donors (Lipinski definition) is 0. The molecule has 0 radical (unpaired) electrons. The van der Waals surface area contributed by atoms with Crippen molar-refractivity contribution in [1.82, 2.24) is 14.4 Å². The van der Waals surface area contributed by atoms with Gasteiger partial charge in [0.15, 0.2) is 0 Å². The van der Waals surface area contributed by atoms with Crippen LogP contribution in [0, 0.1) is 12.7 Å². The topological polar surface area (TPSA) is 31.7 Å². The standard InChI is InChI=1S/C24H33FN4O/c1-3-27-18-19(2)23-22(27)6-4-12-29(24(23)30)13-5-11-26-14-16-28(17-15-26)21-9-7-20(25)8-10-21/h7-10,18H,3-6,11-17H2,1-2H3. The van der Waals surface area contributed by atoms with Gasteiger partial charge in [-0.15, -0.1) is 0 Å². The molecule has 5 nitrogen and oxygen atoms in total. The molecule has 0 N–H and O–H groups in total. The monoisotopic (exact) mass is 412 g/mol. The molecule has 1 aromatic carbocycles. The Kier molecular flexibility index (Phi) is 6.42. The van der Waals surface area contributed by atoms with Gasteiger partial charge in [0.05, 0.1) is 5.56 Å². The first-order valence-electron chi connectivity index (χ1n) is 11.3. The number of halogens is 1. The summed E-state index contributed by atoms with van der Waals surface area (Å²) in [5.74, 6) is 0.0300. The molecule has 1 amide bonds. The molecule has 30 heavy (non-hydrogen) atoms. The van der Waals surface area contributed by atoms with Crippen LogP contribution in [0.3, 0.4) is 0 Å². The first-order valence-corrected chi connectivity index (χ1v) is 11.3. The molecule has 162 valence electrons. The van der Waals surface area contributed by atoms with Crippen LogP contribution in [0.1, 0.15) is 41.4 Å². The van der Waals surface area contributed by atoms with Gasteiger partial charge in [0.1, 0.15) is 5.82 Å². The van der Waals surface area contributed by atoms with Gasteiger partial charge in [0.2, 0.25) is 0 Å². The molecule has 3 heterocycles. The maximum atomic E-state index is 13.2. The molecule has 0 bridgehead atoms. The molecule has 0 saturated carbocycles. The van der Waals surface area contributed by atoms with Crippen molar-refractivity contribution in [2.75, 3.05) is 50.7 Å². The number of benzene rings is 1. The second-order valence-corrected chi connectivity index (χ2v) is 8.47. The minimum absolute atomic E-state index is 0.186. The number of nitrogens with zero attached hydrogens (tertiary/aromatic N) is 4. The lowest BCUT2D eigenvalue weighted by Gasteiger charge is -2.36. The molecule has 2 aliphatic rings. The summed E-state index contributed by atoms with van der Waals surface area (Å²) in [5.41, 5.74) is 4.37. The fourth-order valence-corrected chi connectivity index (χ4v) is 4.87. The average molecular weight is 413 g/mol. The molecule has 2 aliphatic heterocycles. The van der Waals surface area contributed by atoms with E-state index >= 15 is 0 Å². The number of hydrogen-bond acceptors (Lipinski definition) is 3. The van der Waals surface area contributed by atoms with Gasteiger partial charge in [-0.25, -0.2) is 4.39 Å². The molecule has 6 heteroatoms. The maximum absolute atomic E-state index is 13.2. The summed E-state index contributed by atoms with van der Waals surface area (Å²) in [4.78, 5) is 20.0. The van der Waals surface area contributed by atoms with Crippen LogP contribution in [-0.2, 0) is 13.0 Å². The van der Waals surface area contributed by atoms with Crippen LogP contribution < -0.4 is 4.90 Å². The van der Waals surface area contributed by atoms with Crippen LogP contribution in [0.25, 0.3) is 0 Å². The Morgan fingerprint density at radius 1 is 1.00 bits per heavy atom. The molecule has 1 saturated heterocycles. The molecule has 0 unspecified atom stereocenters. The molecule has 2 aromatic rings. The number of anilines is 1. The van der Waals surface area contributed by atoms with Crippen LogP contribution in [0.2, 0.25) is 0 Å². The minimum Gasteiger partial charge on any atom is -0.369 e. The number of aromatic nitrogens is 1. The summed E-state index contributed by atoms with van der Waals surface area (Å²) in [6, 6.07) is 6.78. The van der Waals surface area contributed by atoms with Crippen LogP contribution in [-0.4, -0.2) is 66.1 Å². The third-order valence-corrected chi connectivity index (χ3v) is 6.53. The highest BCUT2D eigenvalue weighted by molar-refractivity contribution is 5.97. The molecule has 1 fully saturated rings. The lowest BCUT2D eigenvalue weighted by Crippen LogP contribution is -2.47. The Bertz CT molecular complexity index is 868. The number of amides is 1. The van der Waals surface area contributed by atoms with E-state index in [0.717, 1.165) is 88.4 Å². The highest BCUT2D eigenvalue weighted by atomic mass is 19.1. The van der Waals surface area contributed by atoms with Gasteiger partial charge in [-0.3, -0.25) is 9.69 Å². The van der Waals surface area contributed by atoms with Crippen LogP contribution in [0.4, 0.5) is 10.1 Å². The Hall–Kier alpha value is -2.34. The molecule has 1 aromatic heterocycles. The largest absolute Gasteiger partial charge is 0.369 e. The predicted octanol–water partition coefficient (Wildman–Crippen LogP) is 3.56.